The van der Waals surface area contributed by atoms with Crippen molar-refractivity contribution >= 4 is 28.3 Å². The standard InChI is InChI=1S/C20H36N2O9P2/c1-17(2)11-21(12-18(3,4)29-32(25)28-17)15(23)9-27-10-16(24)22-13-19(5,6)30-33(26)31-20(7,8)14-22/h9-14H2,1-8H3/q+2. The maximum absolute atomic E-state index is 12.8. The predicted molar refractivity (Wildman–Crippen MR) is 120 cm³/mol. The first-order valence-electron chi connectivity index (χ1n) is 10.7. The van der Waals surface area contributed by atoms with Gasteiger partial charge in [-0.05, 0) is 55.4 Å². The average Bonchev–Trinajstić information content (AvgIpc) is 2.54. The fourth-order valence-corrected chi connectivity index (χ4v) is 5.59. The lowest BCUT2D eigenvalue weighted by Gasteiger charge is -2.35. The quantitative estimate of drug-likeness (QED) is 0.525. The van der Waals surface area contributed by atoms with Crippen LogP contribution in [0.5, 0.6) is 0 Å². The molecule has 0 aromatic rings. The van der Waals surface area contributed by atoms with Crippen LogP contribution in [0.25, 0.3) is 0 Å². The Labute approximate surface area is 197 Å². The minimum atomic E-state index is -2.31. The van der Waals surface area contributed by atoms with Crippen LogP contribution in [0.2, 0.25) is 0 Å². The summed E-state index contributed by atoms with van der Waals surface area (Å²) in [4.78, 5) is 28.7. The summed E-state index contributed by atoms with van der Waals surface area (Å²) < 4.78 is 51.2. The molecule has 2 saturated heterocycles. The summed E-state index contributed by atoms with van der Waals surface area (Å²) in [5.41, 5.74) is -3.51. The molecule has 2 aliphatic heterocycles. The molecule has 33 heavy (non-hydrogen) atoms. The molecule has 11 nitrogen and oxygen atoms in total. The number of rotatable bonds is 4. The molecule has 2 fully saturated rings. The van der Waals surface area contributed by atoms with Gasteiger partial charge in [0.1, 0.15) is 35.6 Å². The first kappa shape index (κ1) is 28.2. The molecule has 0 saturated carbocycles. The van der Waals surface area contributed by atoms with E-state index >= 15 is 0 Å². The van der Waals surface area contributed by atoms with Crippen molar-refractivity contribution in [3.63, 3.8) is 0 Å². The Morgan fingerprint density at radius 1 is 0.636 bits per heavy atom. The lowest BCUT2D eigenvalue weighted by Crippen LogP contribution is -2.53. The number of hydrogen-bond donors (Lipinski definition) is 0. The largest absolute Gasteiger partial charge is 0.698 e. The van der Waals surface area contributed by atoms with Crippen LogP contribution in [0.15, 0.2) is 0 Å². The van der Waals surface area contributed by atoms with E-state index in [1.807, 2.05) is 0 Å². The predicted octanol–water partition coefficient (Wildman–Crippen LogP) is 3.18. The van der Waals surface area contributed by atoms with E-state index in [1.54, 1.807) is 55.4 Å². The lowest BCUT2D eigenvalue weighted by molar-refractivity contribution is -0.149. The molecule has 0 bridgehead atoms. The summed E-state index contributed by atoms with van der Waals surface area (Å²) >= 11 is 0. The summed E-state index contributed by atoms with van der Waals surface area (Å²) in [5.74, 6) is -0.685. The molecule has 13 heteroatoms. The lowest BCUT2D eigenvalue weighted by atomic mass is 10.1. The van der Waals surface area contributed by atoms with Gasteiger partial charge >= 0.3 is 16.5 Å². The normalized spacial score (nSPS) is 25.0. The summed E-state index contributed by atoms with van der Waals surface area (Å²) in [6.07, 6.45) is 0. The van der Waals surface area contributed by atoms with Crippen LogP contribution < -0.4 is 0 Å². The average molecular weight is 510 g/mol. The second kappa shape index (κ2) is 10.3. The molecule has 0 aromatic heterocycles. The summed E-state index contributed by atoms with van der Waals surface area (Å²) in [5, 5.41) is 0. The highest BCUT2D eigenvalue weighted by atomic mass is 31.1. The number of nitrogens with zero attached hydrogens (tertiary/aromatic N) is 2. The van der Waals surface area contributed by atoms with Crippen LogP contribution in [0, 0.1) is 0 Å². The molecule has 188 valence electrons. The summed E-state index contributed by atoms with van der Waals surface area (Å²) in [6, 6.07) is 0. The highest BCUT2D eigenvalue weighted by molar-refractivity contribution is 7.33. The van der Waals surface area contributed by atoms with Crippen molar-refractivity contribution in [3.05, 3.63) is 0 Å². The number of ether oxygens (including phenoxy) is 1. The van der Waals surface area contributed by atoms with Crippen molar-refractivity contribution in [2.45, 2.75) is 77.8 Å². The van der Waals surface area contributed by atoms with E-state index in [4.69, 9.17) is 22.8 Å². The Kier molecular flexibility index (Phi) is 8.78. The summed E-state index contributed by atoms with van der Waals surface area (Å²) in [7, 11) is -4.62. The van der Waals surface area contributed by atoms with Gasteiger partial charge in [0, 0.05) is 9.13 Å². The molecule has 0 N–H and O–H groups in total. The van der Waals surface area contributed by atoms with Gasteiger partial charge in [0.2, 0.25) is 11.8 Å². The van der Waals surface area contributed by atoms with Gasteiger partial charge in [0.25, 0.3) is 0 Å². The Balaban J connectivity index is 1.98. The van der Waals surface area contributed by atoms with Gasteiger partial charge in [0.15, 0.2) is 0 Å². The van der Waals surface area contributed by atoms with Crippen molar-refractivity contribution in [1.82, 2.24) is 9.80 Å². The van der Waals surface area contributed by atoms with Crippen molar-refractivity contribution < 1.29 is 41.6 Å². The number of amides is 2. The molecular formula is C20H36N2O9P2+2. The van der Waals surface area contributed by atoms with E-state index in [2.05, 4.69) is 0 Å². The first-order valence-corrected chi connectivity index (χ1v) is 12.9. The Morgan fingerprint density at radius 2 is 0.879 bits per heavy atom. The number of hydrogen-bond acceptors (Lipinski definition) is 9. The highest BCUT2D eigenvalue weighted by Crippen LogP contribution is 2.40. The van der Waals surface area contributed by atoms with E-state index < -0.39 is 38.9 Å². The van der Waals surface area contributed by atoms with Crippen LogP contribution in [-0.4, -0.2) is 83.4 Å². The third kappa shape index (κ3) is 9.25. The molecule has 0 aromatic carbocycles. The van der Waals surface area contributed by atoms with Crippen molar-refractivity contribution in [2.75, 3.05) is 39.4 Å². The van der Waals surface area contributed by atoms with Gasteiger partial charge in [-0.1, -0.05) is 0 Å². The van der Waals surface area contributed by atoms with E-state index in [0.29, 0.717) is 0 Å². The Morgan fingerprint density at radius 3 is 1.12 bits per heavy atom. The Hall–Kier alpha value is -1.06. The van der Waals surface area contributed by atoms with E-state index in [-0.39, 0.29) is 51.2 Å². The van der Waals surface area contributed by atoms with Crippen LogP contribution in [0.3, 0.4) is 0 Å². The minimum absolute atomic E-state index is 0.193. The zero-order valence-electron chi connectivity index (χ0n) is 20.7. The van der Waals surface area contributed by atoms with Gasteiger partial charge in [-0.25, -0.2) is 0 Å². The first-order chi connectivity index (χ1) is 14.9. The molecule has 2 aliphatic rings. The van der Waals surface area contributed by atoms with Crippen molar-refractivity contribution in [1.29, 1.82) is 0 Å². The Bertz CT molecular complexity index is 690. The molecule has 2 heterocycles. The second-order valence-corrected chi connectivity index (χ2v) is 12.5. The zero-order chi connectivity index (χ0) is 25.2. The number of carbonyl (C=O) groups excluding carboxylic acids is 2. The molecule has 2 rings (SSSR count). The van der Waals surface area contributed by atoms with Gasteiger partial charge in [-0.15, -0.1) is 18.1 Å². The van der Waals surface area contributed by atoms with Crippen LogP contribution in [0.1, 0.15) is 55.4 Å². The van der Waals surface area contributed by atoms with Crippen LogP contribution >= 0.6 is 16.5 Å². The molecule has 0 spiro atoms. The summed E-state index contributed by atoms with van der Waals surface area (Å²) in [6.45, 7) is 13.9. The second-order valence-electron chi connectivity index (χ2n) is 10.8. The SMILES string of the molecule is CC1(C)CN(C(=O)COCC(=O)N2CC(C)(C)O[P+](=O)OC(C)(C)C2)CC(C)(C)O[P+](=O)O1. The van der Waals surface area contributed by atoms with Gasteiger partial charge in [-0.3, -0.25) is 9.59 Å². The van der Waals surface area contributed by atoms with E-state index in [9.17, 15) is 18.7 Å². The maximum Gasteiger partial charge on any atom is 0.698 e. The third-order valence-electron chi connectivity index (χ3n) is 4.73. The molecule has 0 radical (unpaired) electrons. The van der Waals surface area contributed by atoms with Crippen molar-refractivity contribution in [3.8, 4) is 0 Å². The fraction of sp³-hybridized carbons (Fsp3) is 0.900. The van der Waals surface area contributed by atoms with E-state index in [1.165, 1.54) is 9.80 Å². The molecule has 0 aliphatic carbocycles. The topological polar surface area (TPSA) is 121 Å². The van der Waals surface area contributed by atoms with Crippen LogP contribution in [-0.2, 0) is 41.6 Å². The van der Waals surface area contributed by atoms with Crippen molar-refractivity contribution in [2.24, 2.45) is 0 Å². The molecule has 0 unspecified atom stereocenters. The molecule has 0 atom stereocenters. The van der Waals surface area contributed by atoms with Gasteiger partial charge in [0.05, 0.1) is 26.2 Å². The van der Waals surface area contributed by atoms with E-state index in [0.717, 1.165) is 0 Å². The monoisotopic (exact) mass is 510 g/mol. The fourth-order valence-electron chi connectivity index (χ4n) is 3.67. The minimum Gasteiger partial charge on any atom is -0.362 e. The zero-order valence-corrected chi connectivity index (χ0v) is 22.5. The smallest absolute Gasteiger partial charge is 0.362 e. The maximum atomic E-state index is 12.8. The molecule has 2 amide bonds. The highest BCUT2D eigenvalue weighted by Gasteiger charge is 2.47. The number of carbonyl (C=O) groups is 2. The molecular weight excluding hydrogens is 474 g/mol. The van der Waals surface area contributed by atoms with Crippen LogP contribution in [0.4, 0.5) is 0 Å². The third-order valence-corrected chi connectivity index (χ3v) is 7.30. The van der Waals surface area contributed by atoms with Gasteiger partial charge in [-0.2, -0.15) is 0 Å². The van der Waals surface area contributed by atoms with Gasteiger partial charge < -0.3 is 14.5 Å².